The monoisotopic (exact) mass is 423 g/mol. The van der Waals surface area contributed by atoms with Crippen LogP contribution in [-0.2, 0) is 6.42 Å². The largest absolute Gasteiger partial charge is 0.491 e. The Hall–Kier alpha value is -1.13. The fraction of sp³-hybridized carbons (Fsp3) is 0.278. The molecule has 2 aromatic rings. The van der Waals surface area contributed by atoms with Crippen molar-refractivity contribution in [2.75, 3.05) is 6.61 Å². The van der Waals surface area contributed by atoms with Crippen LogP contribution in [0.1, 0.15) is 31.4 Å². The van der Waals surface area contributed by atoms with E-state index in [0.29, 0.717) is 6.61 Å². The van der Waals surface area contributed by atoms with Crippen LogP contribution in [0.4, 0.5) is 5.69 Å². The molecule has 0 aliphatic heterocycles. The first-order valence-corrected chi connectivity index (χ1v) is 8.97. The smallest absolute Gasteiger partial charge is 0.147 e. The van der Waals surface area contributed by atoms with Crippen molar-refractivity contribution in [3.05, 3.63) is 56.5 Å². The molecule has 0 heterocycles. The lowest BCUT2D eigenvalue weighted by Gasteiger charge is -2.10. The van der Waals surface area contributed by atoms with Gasteiger partial charge in [-0.05, 0) is 80.1 Å². The Morgan fingerprint density at radius 1 is 1.05 bits per heavy atom. The van der Waals surface area contributed by atoms with Gasteiger partial charge in [-0.2, -0.15) is 0 Å². The van der Waals surface area contributed by atoms with E-state index in [-0.39, 0.29) is 0 Å². The summed E-state index contributed by atoms with van der Waals surface area (Å²) >= 11 is 7.11. The zero-order valence-electron chi connectivity index (χ0n) is 12.8. The maximum Gasteiger partial charge on any atom is 0.147 e. The van der Waals surface area contributed by atoms with Gasteiger partial charge in [0.25, 0.3) is 0 Å². The lowest BCUT2D eigenvalue weighted by molar-refractivity contribution is 0.313. The van der Waals surface area contributed by atoms with Gasteiger partial charge in [0.2, 0.25) is 0 Å². The molecule has 0 saturated heterocycles. The fourth-order valence-electron chi connectivity index (χ4n) is 1.96. The van der Waals surface area contributed by atoms with Gasteiger partial charge in [0.05, 0.1) is 21.2 Å². The molecule has 4 heteroatoms. The van der Waals surface area contributed by atoms with Crippen molar-refractivity contribution in [2.24, 2.45) is 4.99 Å². The van der Waals surface area contributed by atoms with Gasteiger partial charge in [-0.15, -0.1) is 0 Å². The van der Waals surface area contributed by atoms with Crippen LogP contribution in [-0.4, -0.2) is 12.8 Å². The summed E-state index contributed by atoms with van der Waals surface area (Å²) in [5.74, 6) is 0.839. The van der Waals surface area contributed by atoms with Crippen molar-refractivity contribution < 1.29 is 4.74 Å². The first-order chi connectivity index (χ1) is 10.6. The molecule has 0 aliphatic rings. The van der Waals surface area contributed by atoms with Crippen LogP contribution in [0.5, 0.6) is 5.75 Å². The van der Waals surface area contributed by atoms with Crippen LogP contribution >= 0.6 is 31.9 Å². The number of hydrogen-bond donors (Lipinski definition) is 0. The number of aryl methyl sites for hydroxylation is 1. The fourth-order valence-corrected chi connectivity index (χ4v) is 3.41. The molecule has 116 valence electrons. The Kier molecular flexibility index (Phi) is 6.65. The number of benzene rings is 2. The molecular weight excluding hydrogens is 406 g/mol. The summed E-state index contributed by atoms with van der Waals surface area (Å²) < 4.78 is 7.58. The maximum atomic E-state index is 5.72. The molecule has 2 rings (SSSR count). The van der Waals surface area contributed by atoms with Gasteiger partial charge in [0.15, 0.2) is 0 Å². The molecule has 0 aliphatic carbocycles. The molecule has 0 amide bonds. The average Bonchev–Trinajstić information content (AvgIpc) is 2.52. The Morgan fingerprint density at radius 3 is 2.23 bits per heavy atom. The molecule has 0 spiro atoms. The topological polar surface area (TPSA) is 21.6 Å². The van der Waals surface area contributed by atoms with Gasteiger partial charge in [0.1, 0.15) is 5.75 Å². The number of nitrogens with zero attached hydrogens (tertiary/aromatic N) is 1. The van der Waals surface area contributed by atoms with Crippen molar-refractivity contribution in [2.45, 2.75) is 26.7 Å². The Morgan fingerprint density at radius 2 is 1.68 bits per heavy atom. The average molecular weight is 425 g/mol. The third-order valence-electron chi connectivity index (χ3n) is 3.18. The Labute approximate surface area is 148 Å². The number of halogens is 2. The van der Waals surface area contributed by atoms with E-state index < -0.39 is 0 Å². The van der Waals surface area contributed by atoms with Gasteiger partial charge in [-0.3, -0.25) is 4.99 Å². The molecule has 2 nitrogen and oxygen atoms in total. The summed E-state index contributed by atoms with van der Waals surface area (Å²) in [5.41, 5.74) is 3.29. The maximum absolute atomic E-state index is 5.72. The van der Waals surface area contributed by atoms with Gasteiger partial charge in [-0.1, -0.05) is 26.0 Å². The highest BCUT2D eigenvalue weighted by Crippen LogP contribution is 2.34. The van der Waals surface area contributed by atoms with E-state index in [1.54, 1.807) is 0 Å². The highest BCUT2D eigenvalue weighted by Gasteiger charge is 2.08. The standard InChI is InChI=1S/C18H19Br2NO/c1-3-9-22-18-16(19)10-14(11-17(18)20)12-21-15-7-5-13(4-2)6-8-15/h5-8,10-12H,3-4,9H2,1-2H3. The van der Waals surface area contributed by atoms with Crippen LogP contribution < -0.4 is 4.74 Å². The lowest BCUT2D eigenvalue weighted by Crippen LogP contribution is -1.97. The molecule has 0 saturated carbocycles. The van der Waals surface area contributed by atoms with Gasteiger partial charge >= 0.3 is 0 Å². The summed E-state index contributed by atoms with van der Waals surface area (Å²) in [5, 5.41) is 0. The van der Waals surface area contributed by atoms with Crippen molar-refractivity contribution in [3.63, 3.8) is 0 Å². The first-order valence-electron chi connectivity index (χ1n) is 7.39. The molecule has 0 aromatic heterocycles. The summed E-state index contributed by atoms with van der Waals surface area (Å²) in [6.45, 7) is 4.94. The van der Waals surface area contributed by atoms with E-state index in [1.807, 2.05) is 30.5 Å². The molecule has 2 aromatic carbocycles. The second kappa shape index (κ2) is 8.49. The van der Waals surface area contributed by atoms with E-state index in [4.69, 9.17) is 4.74 Å². The van der Waals surface area contributed by atoms with Crippen molar-refractivity contribution in [1.82, 2.24) is 0 Å². The van der Waals surface area contributed by atoms with Crippen LogP contribution in [0.25, 0.3) is 0 Å². The summed E-state index contributed by atoms with van der Waals surface area (Å²) in [6, 6.07) is 12.3. The van der Waals surface area contributed by atoms with Crippen molar-refractivity contribution >= 4 is 43.8 Å². The van der Waals surface area contributed by atoms with Crippen molar-refractivity contribution in [3.8, 4) is 5.75 Å². The molecule has 0 radical (unpaired) electrons. The second-order valence-electron chi connectivity index (χ2n) is 4.94. The summed E-state index contributed by atoms with van der Waals surface area (Å²) in [4.78, 5) is 4.52. The zero-order chi connectivity index (χ0) is 15.9. The van der Waals surface area contributed by atoms with Crippen LogP contribution in [0.2, 0.25) is 0 Å². The van der Waals surface area contributed by atoms with Crippen LogP contribution in [0.15, 0.2) is 50.3 Å². The number of aliphatic imine (C=N–C) groups is 1. The SMILES string of the molecule is CCCOc1c(Br)cc(C=Nc2ccc(CC)cc2)cc1Br. The highest BCUT2D eigenvalue weighted by atomic mass is 79.9. The predicted molar refractivity (Wildman–Crippen MR) is 101 cm³/mol. The first kappa shape index (κ1) is 17.2. The van der Waals surface area contributed by atoms with Gasteiger partial charge < -0.3 is 4.74 Å². The molecule has 0 fully saturated rings. The number of ether oxygens (including phenoxy) is 1. The van der Waals surface area contributed by atoms with E-state index in [2.05, 4.69) is 62.8 Å². The third-order valence-corrected chi connectivity index (χ3v) is 4.36. The molecule has 0 atom stereocenters. The quantitative estimate of drug-likeness (QED) is 0.497. The Balaban J connectivity index is 2.16. The lowest BCUT2D eigenvalue weighted by atomic mass is 10.1. The summed E-state index contributed by atoms with van der Waals surface area (Å²) in [7, 11) is 0. The number of rotatable bonds is 6. The predicted octanol–water partition coefficient (Wildman–Crippen LogP) is 6.31. The van der Waals surface area contributed by atoms with E-state index in [0.717, 1.165) is 38.8 Å². The molecule has 22 heavy (non-hydrogen) atoms. The van der Waals surface area contributed by atoms with E-state index in [1.165, 1.54) is 5.56 Å². The minimum absolute atomic E-state index is 0.703. The zero-order valence-corrected chi connectivity index (χ0v) is 15.9. The van der Waals surface area contributed by atoms with Crippen molar-refractivity contribution in [1.29, 1.82) is 0 Å². The van der Waals surface area contributed by atoms with E-state index >= 15 is 0 Å². The normalized spacial score (nSPS) is 11.1. The molecule has 0 bridgehead atoms. The minimum Gasteiger partial charge on any atom is -0.491 e. The van der Waals surface area contributed by atoms with Crippen LogP contribution in [0.3, 0.4) is 0 Å². The summed E-state index contributed by atoms with van der Waals surface area (Å²) in [6.07, 6.45) is 3.89. The minimum atomic E-state index is 0.703. The van der Waals surface area contributed by atoms with Crippen LogP contribution in [0, 0.1) is 0 Å². The van der Waals surface area contributed by atoms with Gasteiger partial charge in [-0.25, -0.2) is 0 Å². The Bertz CT molecular complexity index is 628. The van der Waals surface area contributed by atoms with E-state index in [9.17, 15) is 0 Å². The number of hydrogen-bond acceptors (Lipinski definition) is 2. The molecule has 0 N–H and O–H groups in total. The highest BCUT2D eigenvalue weighted by molar-refractivity contribution is 9.11. The van der Waals surface area contributed by atoms with Gasteiger partial charge in [0, 0.05) is 6.21 Å². The third kappa shape index (κ3) is 4.68. The second-order valence-corrected chi connectivity index (χ2v) is 6.65. The molecule has 0 unspecified atom stereocenters. The molecular formula is C18H19Br2NO.